The second kappa shape index (κ2) is 24.3. The number of alkyl halides is 2. The Morgan fingerprint density at radius 1 is 0.864 bits per heavy atom. The molecule has 460 valence electrons. The first kappa shape index (κ1) is 61.2. The van der Waals surface area contributed by atoms with Crippen molar-refractivity contribution >= 4 is 58.6 Å². The summed E-state index contributed by atoms with van der Waals surface area (Å²) in [7, 11) is 0. The van der Waals surface area contributed by atoms with Gasteiger partial charge in [0.1, 0.15) is 19.3 Å². The number of Topliss-reactive ketones (excluding diaryl/α,β-unsaturated/α-hetero) is 1. The van der Waals surface area contributed by atoms with Gasteiger partial charge in [-0.15, -0.1) is 0 Å². The van der Waals surface area contributed by atoms with Crippen LogP contribution in [0, 0.1) is 40.4 Å². The molecule has 2 heterocycles. The summed E-state index contributed by atoms with van der Waals surface area (Å²) in [6.45, 7) is 2.60. The fourth-order valence-electron chi connectivity index (χ4n) is 15.1. The van der Waals surface area contributed by atoms with Gasteiger partial charge in [0.05, 0.1) is 36.5 Å². The van der Waals surface area contributed by atoms with E-state index in [1.54, 1.807) is 53.5 Å². The lowest BCUT2D eigenvalue weighted by molar-refractivity contribution is -0.201. The lowest BCUT2D eigenvalue weighted by Crippen LogP contribution is -2.63. The van der Waals surface area contributed by atoms with E-state index in [0.717, 1.165) is 16.7 Å². The molecule has 0 bridgehead atoms. The van der Waals surface area contributed by atoms with Gasteiger partial charge in [-0.05, 0) is 110 Å². The Labute approximate surface area is 506 Å². The minimum Gasteiger partial charge on any atom is -0.481 e. The van der Waals surface area contributed by atoms with E-state index in [9.17, 15) is 62.5 Å². The molecule has 10 atom stereocenters. The molecule has 1 saturated heterocycles. The Morgan fingerprint density at radius 2 is 1.57 bits per heavy atom. The molecule has 0 radical (unpaired) electrons. The number of ketones is 2. The minimum atomic E-state index is -3.05. The molecular weight excluding hydrogens is 1140 g/mol. The Balaban J connectivity index is 0.655. The predicted octanol–water partition coefficient (Wildman–Crippen LogP) is 7.06. The van der Waals surface area contributed by atoms with E-state index in [0.29, 0.717) is 47.2 Å². The number of para-hydroxylation sites is 1. The van der Waals surface area contributed by atoms with Gasteiger partial charge in [0.25, 0.3) is 5.92 Å². The third kappa shape index (κ3) is 12.0. The van der Waals surface area contributed by atoms with E-state index in [4.69, 9.17) is 14.2 Å². The number of rotatable bonds is 19. The zero-order valence-corrected chi connectivity index (χ0v) is 48.7. The standard InChI is InChI=1S/C67H69F2N5O14/c1-63-28-27-47(76)29-45(63)19-22-48-49-30-54-67(53(78)35-75,64(49,2)32-52(77)59(48)63)88-61(87-54)43-15-11-39(12-16-43)31-65(37-66(68,69)38-65)73-62(85)86-36-40-13-20-46(21-14-40)71-60(84)50(23-26-58(82)83)72-56(80)33-70-55(79)24-25-57(81)74-34-44-9-4-3-7-41(44)17-18-42-8-5-6-10-51(42)74/h3-16,20-21,27-29,48-50,52,54,59,61,75,77H,19,22-26,30-38H2,1-2H3,(H,70,79)(H,71,84)(H,72,80)(H,73,85)(H,82,83)/t48-,49-,50-,52-,54+,59+,61?,63-,64-,67+/m0/s1. The monoisotopic (exact) mass is 1210 g/mol. The third-order valence-corrected chi connectivity index (χ3v) is 19.2. The van der Waals surface area contributed by atoms with E-state index < -0.39 is 120 Å². The molecule has 2 aliphatic heterocycles. The lowest BCUT2D eigenvalue weighted by atomic mass is 9.46. The summed E-state index contributed by atoms with van der Waals surface area (Å²) < 4.78 is 48.1. The molecule has 4 aromatic rings. The molecule has 4 aromatic carbocycles. The molecule has 19 nitrogen and oxygen atoms in total. The smallest absolute Gasteiger partial charge is 0.407 e. The molecule has 11 rings (SSSR count). The number of aliphatic carboxylic acids is 1. The van der Waals surface area contributed by atoms with Crippen molar-refractivity contribution in [3.63, 3.8) is 0 Å². The van der Waals surface area contributed by atoms with Crippen LogP contribution in [-0.4, -0.2) is 111 Å². The molecule has 88 heavy (non-hydrogen) atoms. The SMILES string of the molecule is C[C@]12C=CC(=O)C=C1CC[C@@H]1[C@@H]2[C@@H](O)C[C@@]2(C)[C@H]1C[C@H]1OC(c3ccc(CC4(NC(=O)OCc5ccc(NC(=O)[C@H](CCC(=O)O)NC(=O)CNC(=O)CCC(=O)N6Cc7ccccc7C#Cc7ccccc76)cc5)CC(F)(F)C4)cc3)O[C@]12C(=O)CO. The van der Waals surface area contributed by atoms with E-state index in [2.05, 4.69) is 40.0 Å². The van der Waals surface area contributed by atoms with Gasteiger partial charge in [0.15, 0.2) is 23.5 Å². The van der Waals surface area contributed by atoms with Crippen LogP contribution in [0.25, 0.3) is 0 Å². The van der Waals surface area contributed by atoms with Gasteiger partial charge < -0.3 is 55.7 Å². The van der Waals surface area contributed by atoms with E-state index in [1.807, 2.05) is 49.4 Å². The third-order valence-electron chi connectivity index (χ3n) is 19.2. The molecular formula is C67H69F2N5O14. The van der Waals surface area contributed by atoms with Crippen molar-refractivity contribution in [2.45, 2.75) is 139 Å². The number of hydrogen-bond donors (Lipinski definition) is 7. The van der Waals surface area contributed by atoms with Crippen molar-refractivity contribution in [1.29, 1.82) is 0 Å². The Bertz CT molecular complexity index is 3590. The summed E-state index contributed by atoms with van der Waals surface area (Å²) in [6.07, 6.45) is 1.17. The second-order valence-electron chi connectivity index (χ2n) is 24.9. The van der Waals surface area contributed by atoms with E-state index in [1.165, 1.54) is 24.3 Å². The molecule has 5 amide bonds. The summed E-state index contributed by atoms with van der Waals surface area (Å²) in [5.74, 6) is -1.39. The van der Waals surface area contributed by atoms with Gasteiger partial charge in [0, 0.05) is 71.2 Å². The maximum atomic E-state index is 14.7. The van der Waals surface area contributed by atoms with Crippen LogP contribution in [-0.2, 0) is 67.3 Å². The highest BCUT2D eigenvalue weighted by atomic mass is 19.3. The van der Waals surface area contributed by atoms with Crippen LogP contribution >= 0.6 is 0 Å². The number of hydrogen-bond acceptors (Lipinski definition) is 13. The fraction of sp³-hybridized carbons (Fsp3) is 0.433. The number of nitrogens with one attached hydrogen (secondary N) is 4. The second-order valence-corrected chi connectivity index (χ2v) is 24.9. The highest BCUT2D eigenvalue weighted by Crippen LogP contribution is 2.70. The first-order valence-electron chi connectivity index (χ1n) is 29.7. The molecule has 0 spiro atoms. The zero-order chi connectivity index (χ0) is 62.3. The number of carboxylic acid groups (broad SMARTS) is 1. The van der Waals surface area contributed by atoms with Crippen molar-refractivity contribution < 1.29 is 76.7 Å². The normalized spacial score (nSPS) is 27.6. The van der Waals surface area contributed by atoms with Gasteiger partial charge in [-0.25, -0.2) is 13.6 Å². The number of fused-ring (bicyclic) bond motifs is 9. The van der Waals surface area contributed by atoms with Crippen LogP contribution in [0.5, 0.6) is 0 Å². The summed E-state index contributed by atoms with van der Waals surface area (Å²) in [4.78, 5) is 106. The van der Waals surface area contributed by atoms with Gasteiger partial charge in [-0.2, -0.15) is 0 Å². The number of carboxylic acids is 1. The van der Waals surface area contributed by atoms with Gasteiger partial charge in [0.2, 0.25) is 23.6 Å². The summed E-state index contributed by atoms with van der Waals surface area (Å²) >= 11 is 0. The van der Waals surface area contributed by atoms with Gasteiger partial charge in [-0.1, -0.05) is 104 Å². The topological polar surface area (TPSA) is 276 Å². The predicted molar refractivity (Wildman–Crippen MR) is 313 cm³/mol. The molecule has 7 N–H and O–H groups in total. The average molecular weight is 1210 g/mol. The molecule has 21 heteroatoms. The van der Waals surface area contributed by atoms with E-state index >= 15 is 0 Å². The summed E-state index contributed by atoms with van der Waals surface area (Å²) in [5, 5.41) is 42.1. The number of aliphatic hydroxyl groups is 2. The largest absolute Gasteiger partial charge is 0.481 e. The number of ether oxygens (including phenoxy) is 3. The molecule has 4 saturated carbocycles. The number of allylic oxidation sites excluding steroid dienone is 4. The number of alkyl carbamates (subject to hydrolysis) is 1. The highest BCUT2D eigenvalue weighted by molar-refractivity contribution is 6.01. The van der Waals surface area contributed by atoms with Crippen LogP contribution in [0.15, 0.2) is 121 Å². The number of nitrogens with zero attached hydrogens (tertiary/aromatic N) is 1. The molecule has 5 fully saturated rings. The summed E-state index contributed by atoms with van der Waals surface area (Å²) in [5.41, 5.74) is 1.35. The highest BCUT2D eigenvalue weighted by Gasteiger charge is 2.76. The number of carbonyl (C=O) groups is 8. The van der Waals surface area contributed by atoms with Crippen molar-refractivity contribution in [1.82, 2.24) is 16.0 Å². The van der Waals surface area contributed by atoms with Crippen LogP contribution in [0.4, 0.5) is 25.0 Å². The number of amides is 5. The van der Waals surface area contributed by atoms with Crippen LogP contribution in [0.2, 0.25) is 0 Å². The lowest BCUT2D eigenvalue weighted by Gasteiger charge is -2.59. The van der Waals surface area contributed by atoms with Crippen LogP contribution in [0.1, 0.15) is 118 Å². The molecule has 5 aliphatic carbocycles. The zero-order valence-electron chi connectivity index (χ0n) is 48.7. The fourth-order valence-corrected chi connectivity index (χ4v) is 15.1. The van der Waals surface area contributed by atoms with Gasteiger partial charge >= 0.3 is 12.1 Å². The first-order chi connectivity index (χ1) is 42.0. The minimum absolute atomic E-state index is 0.0147. The maximum absolute atomic E-state index is 14.7. The van der Waals surface area contributed by atoms with Crippen molar-refractivity contribution in [2.24, 2.45) is 28.6 Å². The summed E-state index contributed by atoms with van der Waals surface area (Å²) in [6, 6.07) is 26.2. The average Bonchev–Trinajstić information content (AvgIpc) is 1.49. The Kier molecular flexibility index (Phi) is 16.9. The number of anilines is 2. The van der Waals surface area contributed by atoms with Crippen LogP contribution in [0.3, 0.4) is 0 Å². The van der Waals surface area contributed by atoms with Gasteiger partial charge in [-0.3, -0.25) is 33.6 Å². The molecule has 0 aromatic heterocycles. The van der Waals surface area contributed by atoms with Crippen molar-refractivity contribution in [3.8, 4) is 11.8 Å². The molecule has 7 aliphatic rings. The van der Waals surface area contributed by atoms with Crippen molar-refractivity contribution in [3.05, 3.63) is 154 Å². The van der Waals surface area contributed by atoms with Crippen molar-refractivity contribution in [2.75, 3.05) is 23.4 Å². The van der Waals surface area contributed by atoms with E-state index in [-0.39, 0.29) is 80.4 Å². The Hall–Kier alpha value is -8.42. The number of halogens is 2. The first-order valence-corrected chi connectivity index (χ1v) is 29.7. The quantitative estimate of drug-likeness (QED) is 0.0464. The Morgan fingerprint density at radius 3 is 2.30 bits per heavy atom. The van der Waals surface area contributed by atoms with Crippen LogP contribution < -0.4 is 26.2 Å². The number of benzene rings is 4. The molecule has 1 unspecified atom stereocenters. The maximum Gasteiger partial charge on any atom is 0.407 e. The number of carbonyl (C=O) groups excluding carboxylic acids is 7. The number of aliphatic hydroxyl groups excluding tert-OH is 2.